The second-order valence-corrected chi connectivity index (χ2v) is 6.36. The van der Waals surface area contributed by atoms with Gasteiger partial charge in [0.2, 0.25) is 0 Å². The van der Waals surface area contributed by atoms with Crippen molar-refractivity contribution in [3.05, 3.63) is 0 Å². The van der Waals surface area contributed by atoms with E-state index in [-0.39, 0.29) is 18.6 Å². The lowest BCUT2D eigenvalue weighted by molar-refractivity contribution is -0.147. The lowest BCUT2D eigenvalue weighted by atomic mass is 9.88. The van der Waals surface area contributed by atoms with Gasteiger partial charge in [-0.1, -0.05) is 26.7 Å². The molecule has 0 radical (unpaired) electrons. The minimum absolute atomic E-state index is 0.161. The summed E-state index contributed by atoms with van der Waals surface area (Å²) in [6, 6.07) is -0.0249. The SMILES string of the molecule is CCC(C)(CNC(=O)NC1CCCC(C)CC1)C(=O)O. The summed E-state index contributed by atoms with van der Waals surface area (Å²) in [4.78, 5) is 23.0. The van der Waals surface area contributed by atoms with E-state index in [0.29, 0.717) is 6.42 Å². The standard InChI is InChI=1S/C15H28N2O3/c1-4-15(3,13(18)19)10-16-14(20)17-12-7-5-6-11(2)8-9-12/h11-12H,4-10H2,1-3H3,(H,18,19)(H2,16,17,20). The van der Waals surface area contributed by atoms with Gasteiger partial charge < -0.3 is 15.7 Å². The third-order valence-electron chi connectivity index (χ3n) is 4.53. The summed E-state index contributed by atoms with van der Waals surface area (Å²) in [5, 5.41) is 14.8. The molecule has 0 spiro atoms. The maximum Gasteiger partial charge on any atom is 0.315 e. The largest absolute Gasteiger partial charge is 0.481 e. The minimum atomic E-state index is -0.894. The second-order valence-electron chi connectivity index (χ2n) is 6.36. The maximum absolute atomic E-state index is 11.9. The van der Waals surface area contributed by atoms with Crippen LogP contribution in [0.5, 0.6) is 0 Å². The van der Waals surface area contributed by atoms with Crippen molar-refractivity contribution in [2.45, 2.75) is 65.3 Å². The second kappa shape index (κ2) is 7.50. The molecule has 116 valence electrons. The number of hydrogen-bond donors (Lipinski definition) is 3. The molecule has 0 aromatic rings. The number of amides is 2. The fourth-order valence-corrected chi connectivity index (χ4v) is 2.50. The zero-order chi connectivity index (χ0) is 15.2. The van der Waals surface area contributed by atoms with Crippen molar-refractivity contribution in [1.29, 1.82) is 0 Å². The van der Waals surface area contributed by atoms with Crippen molar-refractivity contribution in [2.24, 2.45) is 11.3 Å². The van der Waals surface area contributed by atoms with Crippen LogP contribution >= 0.6 is 0 Å². The molecule has 1 aliphatic carbocycles. The van der Waals surface area contributed by atoms with Gasteiger partial charge in [0, 0.05) is 12.6 Å². The monoisotopic (exact) mass is 284 g/mol. The first-order valence-corrected chi connectivity index (χ1v) is 7.65. The topological polar surface area (TPSA) is 78.4 Å². The number of carbonyl (C=O) groups excluding carboxylic acids is 1. The lowest BCUT2D eigenvalue weighted by Crippen LogP contribution is -2.47. The van der Waals surface area contributed by atoms with E-state index in [1.807, 2.05) is 6.92 Å². The molecule has 1 aliphatic rings. The number of rotatable bonds is 5. The van der Waals surface area contributed by atoms with Crippen LogP contribution in [0.15, 0.2) is 0 Å². The molecule has 5 nitrogen and oxygen atoms in total. The van der Waals surface area contributed by atoms with Crippen LogP contribution in [-0.4, -0.2) is 29.7 Å². The molecule has 20 heavy (non-hydrogen) atoms. The Morgan fingerprint density at radius 1 is 1.25 bits per heavy atom. The van der Waals surface area contributed by atoms with Gasteiger partial charge in [-0.05, 0) is 38.5 Å². The van der Waals surface area contributed by atoms with Gasteiger partial charge in [-0.15, -0.1) is 0 Å². The van der Waals surface area contributed by atoms with Gasteiger partial charge in [-0.2, -0.15) is 0 Å². The average Bonchev–Trinajstić information content (AvgIpc) is 2.61. The van der Waals surface area contributed by atoms with Gasteiger partial charge in [0.1, 0.15) is 0 Å². The molecule has 3 atom stereocenters. The van der Waals surface area contributed by atoms with Crippen LogP contribution in [0, 0.1) is 11.3 Å². The van der Waals surface area contributed by atoms with Crippen LogP contribution in [0.4, 0.5) is 4.79 Å². The first-order valence-electron chi connectivity index (χ1n) is 7.65. The van der Waals surface area contributed by atoms with E-state index in [4.69, 9.17) is 5.11 Å². The van der Waals surface area contributed by atoms with Crippen molar-refractivity contribution in [3.8, 4) is 0 Å². The Morgan fingerprint density at radius 3 is 2.55 bits per heavy atom. The van der Waals surface area contributed by atoms with Crippen LogP contribution in [0.2, 0.25) is 0 Å². The van der Waals surface area contributed by atoms with E-state index < -0.39 is 11.4 Å². The summed E-state index contributed by atoms with van der Waals surface area (Å²) in [6.07, 6.45) is 6.04. The molecule has 0 aromatic carbocycles. The number of carboxylic acids is 1. The number of hydrogen-bond acceptors (Lipinski definition) is 2. The molecule has 0 bridgehead atoms. The zero-order valence-corrected chi connectivity index (χ0v) is 12.9. The van der Waals surface area contributed by atoms with E-state index in [1.165, 1.54) is 6.42 Å². The van der Waals surface area contributed by atoms with Crippen LogP contribution < -0.4 is 10.6 Å². The highest BCUT2D eigenvalue weighted by Crippen LogP contribution is 2.23. The normalized spacial score (nSPS) is 26.1. The van der Waals surface area contributed by atoms with Gasteiger partial charge in [-0.25, -0.2) is 4.79 Å². The van der Waals surface area contributed by atoms with E-state index in [0.717, 1.165) is 31.6 Å². The Bertz CT molecular complexity index is 346. The van der Waals surface area contributed by atoms with Crippen molar-refractivity contribution in [1.82, 2.24) is 10.6 Å². The van der Waals surface area contributed by atoms with Gasteiger partial charge in [0.25, 0.3) is 0 Å². The number of aliphatic carboxylic acids is 1. The fourth-order valence-electron chi connectivity index (χ4n) is 2.50. The van der Waals surface area contributed by atoms with E-state index in [2.05, 4.69) is 17.6 Å². The fraction of sp³-hybridized carbons (Fsp3) is 0.867. The molecule has 1 rings (SSSR count). The van der Waals surface area contributed by atoms with Gasteiger partial charge in [0.05, 0.1) is 5.41 Å². The van der Waals surface area contributed by atoms with Crippen molar-refractivity contribution >= 4 is 12.0 Å². The van der Waals surface area contributed by atoms with Crippen molar-refractivity contribution < 1.29 is 14.7 Å². The summed E-state index contributed by atoms with van der Waals surface area (Å²) >= 11 is 0. The summed E-state index contributed by atoms with van der Waals surface area (Å²) in [6.45, 7) is 5.89. The van der Waals surface area contributed by atoms with Crippen LogP contribution in [0.25, 0.3) is 0 Å². The third kappa shape index (κ3) is 5.02. The summed E-state index contributed by atoms with van der Waals surface area (Å²) < 4.78 is 0. The highest BCUT2D eigenvalue weighted by molar-refractivity contribution is 5.77. The Hall–Kier alpha value is -1.26. The molecule has 3 N–H and O–H groups in total. The Labute approximate surface area is 121 Å². The number of carboxylic acid groups (broad SMARTS) is 1. The smallest absolute Gasteiger partial charge is 0.315 e. The molecule has 3 unspecified atom stereocenters. The first-order chi connectivity index (χ1) is 9.37. The Kier molecular flexibility index (Phi) is 6.30. The zero-order valence-electron chi connectivity index (χ0n) is 12.9. The molecular formula is C15H28N2O3. The summed E-state index contributed by atoms with van der Waals surface area (Å²) in [5.41, 5.74) is -0.894. The highest BCUT2D eigenvalue weighted by Gasteiger charge is 2.31. The van der Waals surface area contributed by atoms with Crippen LogP contribution in [-0.2, 0) is 4.79 Å². The van der Waals surface area contributed by atoms with E-state index in [9.17, 15) is 9.59 Å². The quantitative estimate of drug-likeness (QED) is 0.679. The molecule has 2 amide bonds. The number of urea groups is 1. The lowest BCUT2D eigenvalue weighted by Gasteiger charge is -2.24. The highest BCUT2D eigenvalue weighted by atomic mass is 16.4. The predicted molar refractivity (Wildman–Crippen MR) is 78.6 cm³/mol. The van der Waals surface area contributed by atoms with Gasteiger partial charge in [-0.3, -0.25) is 4.79 Å². The molecular weight excluding hydrogens is 256 g/mol. The van der Waals surface area contributed by atoms with E-state index >= 15 is 0 Å². The van der Waals surface area contributed by atoms with Crippen LogP contribution in [0.3, 0.4) is 0 Å². The molecule has 1 saturated carbocycles. The summed E-state index contributed by atoms with van der Waals surface area (Å²) in [5.74, 6) is -0.135. The number of nitrogens with one attached hydrogen (secondary N) is 2. The van der Waals surface area contributed by atoms with Gasteiger partial charge in [0.15, 0.2) is 0 Å². The van der Waals surface area contributed by atoms with Gasteiger partial charge >= 0.3 is 12.0 Å². The maximum atomic E-state index is 11.9. The Balaban J connectivity index is 2.38. The molecule has 0 aliphatic heterocycles. The Morgan fingerprint density at radius 2 is 1.95 bits per heavy atom. The molecule has 0 heterocycles. The minimum Gasteiger partial charge on any atom is -0.481 e. The molecule has 0 saturated heterocycles. The molecule has 0 aromatic heterocycles. The van der Waals surface area contributed by atoms with Crippen molar-refractivity contribution in [3.63, 3.8) is 0 Å². The molecule has 1 fully saturated rings. The summed E-state index contributed by atoms with van der Waals surface area (Å²) in [7, 11) is 0. The number of carbonyl (C=O) groups is 2. The predicted octanol–water partition coefficient (Wildman–Crippen LogP) is 2.76. The van der Waals surface area contributed by atoms with Crippen LogP contribution in [0.1, 0.15) is 59.3 Å². The van der Waals surface area contributed by atoms with Crippen molar-refractivity contribution in [2.75, 3.05) is 6.54 Å². The molecule has 5 heteroatoms. The first kappa shape index (κ1) is 16.8. The van der Waals surface area contributed by atoms with E-state index in [1.54, 1.807) is 6.92 Å². The average molecular weight is 284 g/mol. The third-order valence-corrected chi connectivity index (χ3v) is 4.53.